The highest BCUT2D eigenvalue weighted by molar-refractivity contribution is 7.17. The zero-order valence-electron chi connectivity index (χ0n) is 10.9. The number of aryl methyl sites for hydroxylation is 1. The number of nitrogens with zero attached hydrogens (tertiary/aromatic N) is 1. The summed E-state index contributed by atoms with van der Waals surface area (Å²) in [6.45, 7) is 5.47. The van der Waals surface area contributed by atoms with E-state index in [9.17, 15) is 9.59 Å². The number of aromatic nitrogens is 1. The highest BCUT2D eigenvalue weighted by Crippen LogP contribution is 2.23. The van der Waals surface area contributed by atoms with Crippen molar-refractivity contribution in [3.63, 3.8) is 0 Å². The molecule has 100 valence electrons. The molecule has 1 aromatic rings. The van der Waals surface area contributed by atoms with E-state index < -0.39 is 5.97 Å². The van der Waals surface area contributed by atoms with Crippen molar-refractivity contribution in [1.82, 2.24) is 10.3 Å². The standard InChI is InChI=1S/C11H17N3O3S/c1-6(2)17-10(16)9-7(3)13-11(18-9)14-8(15)5-12-4/h6,12H,5H2,1-4H3,(H,13,14,15). The molecule has 6 nitrogen and oxygen atoms in total. The topological polar surface area (TPSA) is 80.3 Å². The fourth-order valence-corrected chi connectivity index (χ4v) is 2.10. The molecular formula is C11H17N3O3S. The number of carbonyl (C=O) groups excluding carboxylic acids is 2. The molecule has 0 saturated heterocycles. The molecule has 1 aromatic heterocycles. The lowest BCUT2D eigenvalue weighted by atomic mass is 10.4. The monoisotopic (exact) mass is 271 g/mol. The van der Waals surface area contributed by atoms with Crippen molar-refractivity contribution in [3.05, 3.63) is 10.6 Å². The number of rotatable bonds is 5. The number of amides is 1. The Labute approximate surface area is 110 Å². The Hall–Kier alpha value is -1.47. The summed E-state index contributed by atoms with van der Waals surface area (Å²) in [6, 6.07) is 0. The minimum Gasteiger partial charge on any atom is -0.459 e. The van der Waals surface area contributed by atoms with Crippen LogP contribution in [0.15, 0.2) is 0 Å². The van der Waals surface area contributed by atoms with Gasteiger partial charge in [-0.1, -0.05) is 11.3 Å². The molecule has 1 rings (SSSR count). The minimum atomic E-state index is -0.408. The normalized spacial score (nSPS) is 10.5. The van der Waals surface area contributed by atoms with E-state index in [1.807, 2.05) is 0 Å². The van der Waals surface area contributed by atoms with Gasteiger partial charge in [-0.05, 0) is 27.8 Å². The number of likely N-dealkylation sites (N-methyl/N-ethyl adjacent to an activating group) is 1. The maximum Gasteiger partial charge on any atom is 0.350 e. The molecule has 0 aromatic carbocycles. The quantitative estimate of drug-likeness (QED) is 0.786. The molecule has 0 bridgehead atoms. The Bertz CT molecular complexity index is 443. The van der Waals surface area contributed by atoms with Gasteiger partial charge in [0.25, 0.3) is 0 Å². The van der Waals surface area contributed by atoms with Crippen LogP contribution in [-0.4, -0.2) is 36.6 Å². The van der Waals surface area contributed by atoms with Crippen molar-refractivity contribution < 1.29 is 14.3 Å². The first kappa shape index (κ1) is 14.6. The van der Waals surface area contributed by atoms with Gasteiger partial charge in [0.1, 0.15) is 4.88 Å². The van der Waals surface area contributed by atoms with E-state index >= 15 is 0 Å². The molecule has 0 unspecified atom stereocenters. The second kappa shape index (κ2) is 6.46. The summed E-state index contributed by atoms with van der Waals surface area (Å²) in [7, 11) is 1.68. The average Bonchev–Trinajstić information content (AvgIpc) is 2.58. The van der Waals surface area contributed by atoms with Gasteiger partial charge < -0.3 is 15.4 Å². The summed E-state index contributed by atoms with van der Waals surface area (Å²) < 4.78 is 5.09. The number of esters is 1. The van der Waals surface area contributed by atoms with Gasteiger partial charge >= 0.3 is 5.97 Å². The Morgan fingerprint density at radius 3 is 2.67 bits per heavy atom. The van der Waals surface area contributed by atoms with Crippen LogP contribution in [0.25, 0.3) is 0 Å². The minimum absolute atomic E-state index is 0.179. The van der Waals surface area contributed by atoms with Gasteiger partial charge in [0.2, 0.25) is 5.91 Å². The van der Waals surface area contributed by atoms with E-state index in [-0.39, 0.29) is 18.6 Å². The number of anilines is 1. The zero-order valence-corrected chi connectivity index (χ0v) is 11.7. The van der Waals surface area contributed by atoms with E-state index in [1.165, 1.54) is 0 Å². The van der Waals surface area contributed by atoms with Gasteiger partial charge in [-0.3, -0.25) is 4.79 Å². The predicted octanol–water partition coefficient (Wildman–Crippen LogP) is 1.17. The molecule has 0 aliphatic carbocycles. The van der Waals surface area contributed by atoms with Crippen molar-refractivity contribution in [2.45, 2.75) is 26.9 Å². The fourth-order valence-electron chi connectivity index (χ4n) is 1.23. The maximum absolute atomic E-state index is 11.7. The molecule has 0 fully saturated rings. The predicted molar refractivity (Wildman–Crippen MR) is 70.0 cm³/mol. The van der Waals surface area contributed by atoms with Crippen LogP contribution in [0.3, 0.4) is 0 Å². The van der Waals surface area contributed by atoms with Gasteiger partial charge in [-0.2, -0.15) is 0 Å². The van der Waals surface area contributed by atoms with Crippen molar-refractivity contribution in [1.29, 1.82) is 0 Å². The molecule has 0 saturated carbocycles. The highest BCUT2D eigenvalue weighted by atomic mass is 32.1. The lowest BCUT2D eigenvalue weighted by Crippen LogP contribution is -2.24. The molecule has 0 aliphatic rings. The van der Waals surface area contributed by atoms with E-state index in [0.717, 1.165) is 11.3 Å². The third-order valence-electron chi connectivity index (χ3n) is 1.91. The van der Waals surface area contributed by atoms with E-state index in [2.05, 4.69) is 15.6 Å². The summed E-state index contributed by atoms with van der Waals surface area (Å²) in [6.07, 6.45) is -0.179. The first-order chi connectivity index (χ1) is 8.43. The van der Waals surface area contributed by atoms with Crippen LogP contribution >= 0.6 is 11.3 Å². The Balaban J connectivity index is 2.75. The van der Waals surface area contributed by atoms with Gasteiger partial charge in [0.05, 0.1) is 18.3 Å². The van der Waals surface area contributed by atoms with Crippen LogP contribution < -0.4 is 10.6 Å². The van der Waals surface area contributed by atoms with Crippen LogP contribution in [0.2, 0.25) is 0 Å². The van der Waals surface area contributed by atoms with E-state index in [0.29, 0.717) is 15.7 Å². The van der Waals surface area contributed by atoms with Gasteiger partial charge in [0, 0.05) is 0 Å². The summed E-state index contributed by atoms with van der Waals surface area (Å²) in [4.78, 5) is 27.6. The molecule has 1 amide bonds. The number of carbonyl (C=O) groups is 2. The first-order valence-electron chi connectivity index (χ1n) is 5.57. The van der Waals surface area contributed by atoms with Gasteiger partial charge in [-0.25, -0.2) is 9.78 Å². The number of hydrogen-bond acceptors (Lipinski definition) is 6. The van der Waals surface area contributed by atoms with Crippen LogP contribution in [-0.2, 0) is 9.53 Å². The molecule has 1 heterocycles. The van der Waals surface area contributed by atoms with Crippen LogP contribution in [0.1, 0.15) is 29.2 Å². The SMILES string of the molecule is CNCC(=O)Nc1nc(C)c(C(=O)OC(C)C)s1. The second-order valence-corrected chi connectivity index (χ2v) is 4.97. The smallest absolute Gasteiger partial charge is 0.350 e. The lowest BCUT2D eigenvalue weighted by molar-refractivity contribution is -0.115. The van der Waals surface area contributed by atoms with Crippen LogP contribution in [0.5, 0.6) is 0 Å². The summed E-state index contributed by atoms with van der Waals surface area (Å²) >= 11 is 1.12. The average molecular weight is 271 g/mol. The molecule has 2 N–H and O–H groups in total. The largest absolute Gasteiger partial charge is 0.459 e. The highest BCUT2D eigenvalue weighted by Gasteiger charge is 2.18. The van der Waals surface area contributed by atoms with Crippen molar-refractivity contribution in [2.75, 3.05) is 18.9 Å². The van der Waals surface area contributed by atoms with Crippen LogP contribution in [0.4, 0.5) is 5.13 Å². The van der Waals surface area contributed by atoms with Crippen molar-refractivity contribution in [2.24, 2.45) is 0 Å². The Morgan fingerprint density at radius 2 is 2.11 bits per heavy atom. The molecular weight excluding hydrogens is 254 g/mol. The van der Waals surface area contributed by atoms with Crippen molar-refractivity contribution >= 4 is 28.3 Å². The molecule has 0 spiro atoms. The second-order valence-electron chi connectivity index (χ2n) is 3.97. The fraction of sp³-hybridized carbons (Fsp3) is 0.545. The summed E-state index contributed by atoms with van der Waals surface area (Å²) in [5.74, 6) is -0.607. The third-order valence-corrected chi connectivity index (χ3v) is 2.96. The molecule has 18 heavy (non-hydrogen) atoms. The number of nitrogens with one attached hydrogen (secondary N) is 2. The molecule has 0 radical (unpaired) electrons. The van der Waals surface area contributed by atoms with Crippen molar-refractivity contribution in [3.8, 4) is 0 Å². The Morgan fingerprint density at radius 1 is 1.44 bits per heavy atom. The van der Waals surface area contributed by atoms with E-state index in [4.69, 9.17) is 4.74 Å². The number of ether oxygens (including phenoxy) is 1. The maximum atomic E-state index is 11.7. The molecule has 0 atom stereocenters. The lowest BCUT2D eigenvalue weighted by Gasteiger charge is -2.05. The number of thiazole rings is 1. The number of hydrogen-bond donors (Lipinski definition) is 2. The molecule has 7 heteroatoms. The van der Waals surface area contributed by atoms with E-state index in [1.54, 1.807) is 27.8 Å². The molecule has 0 aliphatic heterocycles. The summed E-state index contributed by atoms with van der Waals surface area (Å²) in [5, 5.41) is 5.75. The first-order valence-corrected chi connectivity index (χ1v) is 6.38. The van der Waals surface area contributed by atoms with Gasteiger partial charge in [0.15, 0.2) is 5.13 Å². The summed E-state index contributed by atoms with van der Waals surface area (Å²) in [5.41, 5.74) is 0.561. The Kier molecular flexibility index (Phi) is 5.24. The van der Waals surface area contributed by atoms with Gasteiger partial charge in [-0.15, -0.1) is 0 Å². The zero-order chi connectivity index (χ0) is 13.7. The third kappa shape index (κ3) is 4.08. The van der Waals surface area contributed by atoms with Crippen LogP contribution in [0, 0.1) is 6.92 Å².